The summed E-state index contributed by atoms with van der Waals surface area (Å²) in [4.78, 5) is 34.0. The number of alkyl carbamates (subject to hydrolysis) is 1. The number of H-pyrrole nitrogens is 1. The van der Waals surface area contributed by atoms with Gasteiger partial charge in [-0.25, -0.2) is 14.5 Å². The third kappa shape index (κ3) is 8.64. The first-order valence-electron chi connectivity index (χ1n) is 20.7. The lowest BCUT2D eigenvalue weighted by Gasteiger charge is -2.36. The van der Waals surface area contributed by atoms with Crippen LogP contribution < -0.4 is 5.32 Å². The smallest absolute Gasteiger partial charge is 0.408 e. The van der Waals surface area contributed by atoms with Crippen LogP contribution in [0.15, 0.2) is 176 Å². The molecule has 62 heavy (non-hydrogen) atoms. The zero-order chi connectivity index (χ0) is 42.7. The Morgan fingerprint density at radius 1 is 0.742 bits per heavy atom. The van der Waals surface area contributed by atoms with Gasteiger partial charge in [-0.2, -0.15) is 0 Å². The lowest BCUT2D eigenvalue weighted by molar-refractivity contribution is -0.141. The summed E-state index contributed by atoms with van der Waals surface area (Å²) in [5.41, 5.74) is 7.21. The zero-order valence-corrected chi connectivity index (χ0v) is 34.6. The molecule has 8 aromatic rings. The van der Waals surface area contributed by atoms with E-state index >= 15 is 0 Å². The second kappa shape index (κ2) is 19.2. The number of amides is 1. The fraction of sp³-hybridized carbons (Fsp3) is 0.176. The van der Waals surface area contributed by atoms with Crippen LogP contribution in [0.2, 0.25) is 0 Å². The van der Waals surface area contributed by atoms with Gasteiger partial charge in [-0.05, 0) is 61.9 Å². The number of nitrogens with one attached hydrogen (secondary N) is 2. The summed E-state index contributed by atoms with van der Waals surface area (Å²) in [7, 11) is 1.32. The minimum Gasteiger partial charge on any atom is -0.469 e. The highest BCUT2D eigenvalue weighted by Gasteiger charge is 2.42. The number of benzene rings is 6. The first-order valence-corrected chi connectivity index (χ1v) is 20.7. The van der Waals surface area contributed by atoms with Crippen molar-refractivity contribution in [1.29, 1.82) is 0 Å². The SMILES string of the molecule is CCCC(c1ccc(-c2ccccc2)c(-c2nnnn2C(c2ccccc2)(c2ccccc2)c2ccccc2)c1)c1ncc(C(CC(=O)OC)NC(=O)OCc2ccccc2)[nH]1. The Kier molecular flexibility index (Phi) is 12.7. The number of hydrogen-bond donors (Lipinski definition) is 2. The van der Waals surface area contributed by atoms with Crippen molar-refractivity contribution in [2.75, 3.05) is 7.11 Å². The second-order valence-corrected chi connectivity index (χ2v) is 15.0. The predicted molar refractivity (Wildman–Crippen MR) is 238 cm³/mol. The van der Waals surface area contributed by atoms with Gasteiger partial charge >= 0.3 is 12.1 Å². The number of hydrogen-bond acceptors (Lipinski definition) is 8. The largest absolute Gasteiger partial charge is 0.469 e. The quantitative estimate of drug-likeness (QED) is 0.0726. The fourth-order valence-electron chi connectivity index (χ4n) is 8.17. The Hall–Kier alpha value is -7.66. The standard InChI is InChI=1S/C51H47N7O4/c1-3-19-43(48-52-34-46(53-48)45(33-47(59)61-2)54-50(60)62-35-36-20-9-4-10-21-36)38-30-31-42(37-22-11-5-12-23-37)44(32-38)49-55-56-57-58(49)51(39-24-13-6-14-25-39,40-26-15-7-16-27-40)41-28-17-8-18-29-41/h4-18,20-32,34,43,45H,3,19,33,35H2,1-2H3,(H,52,53)(H,54,60). The number of nitrogens with zero attached hydrogens (tertiary/aromatic N) is 5. The van der Waals surface area contributed by atoms with E-state index in [-0.39, 0.29) is 18.9 Å². The molecule has 6 aromatic carbocycles. The van der Waals surface area contributed by atoms with Crippen molar-refractivity contribution in [2.45, 2.75) is 50.3 Å². The van der Waals surface area contributed by atoms with Gasteiger partial charge in [0.15, 0.2) is 5.82 Å². The summed E-state index contributed by atoms with van der Waals surface area (Å²) in [5, 5.41) is 17.0. The molecule has 0 spiro atoms. The van der Waals surface area contributed by atoms with E-state index < -0.39 is 23.6 Å². The van der Waals surface area contributed by atoms with Crippen LogP contribution in [-0.4, -0.2) is 49.3 Å². The Morgan fingerprint density at radius 3 is 1.90 bits per heavy atom. The van der Waals surface area contributed by atoms with Gasteiger partial charge in [0.1, 0.15) is 18.0 Å². The molecule has 8 rings (SSSR count). The maximum absolute atomic E-state index is 13.1. The van der Waals surface area contributed by atoms with Crippen molar-refractivity contribution in [2.24, 2.45) is 0 Å². The van der Waals surface area contributed by atoms with Gasteiger partial charge in [0.2, 0.25) is 0 Å². The summed E-state index contributed by atoms with van der Waals surface area (Å²) >= 11 is 0. The average molecular weight is 822 g/mol. The van der Waals surface area contributed by atoms with E-state index in [0.29, 0.717) is 17.3 Å². The molecule has 0 aliphatic heterocycles. The molecule has 310 valence electrons. The van der Waals surface area contributed by atoms with Gasteiger partial charge in [-0.3, -0.25) is 4.79 Å². The van der Waals surface area contributed by atoms with Gasteiger partial charge < -0.3 is 19.8 Å². The van der Waals surface area contributed by atoms with Crippen LogP contribution in [-0.2, 0) is 26.4 Å². The maximum Gasteiger partial charge on any atom is 0.408 e. The first kappa shape index (κ1) is 41.1. The first-order chi connectivity index (χ1) is 30.5. The lowest BCUT2D eigenvalue weighted by Crippen LogP contribution is -2.39. The van der Waals surface area contributed by atoms with Crippen molar-refractivity contribution in [3.63, 3.8) is 0 Å². The Balaban J connectivity index is 1.24. The Bertz CT molecular complexity index is 2590. The number of tetrazole rings is 1. The normalized spacial score (nSPS) is 12.3. The molecule has 0 bridgehead atoms. The Labute approximate surface area is 360 Å². The summed E-state index contributed by atoms with van der Waals surface area (Å²) < 4.78 is 12.5. The molecule has 0 radical (unpaired) electrons. The van der Waals surface area contributed by atoms with Gasteiger partial charge in [0.05, 0.1) is 31.5 Å². The van der Waals surface area contributed by atoms with Gasteiger partial charge in [0, 0.05) is 11.5 Å². The molecule has 0 fully saturated rings. The Morgan fingerprint density at radius 2 is 1.32 bits per heavy atom. The number of carbonyl (C=O) groups excluding carboxylic acids is 2. The van der Waals surface area contributed by atoms with Crippen molar-refractivity contribution in [3.05, 3.63) is 215 Å². The number of aromatic amines is 1. The number of rotatable bonds is 16. The van der Waals surface area contributed by atoms with Crippen LogP contribution in [0.25, 0.3) is 22.5 Å². The summed E-state index contributed by atoms with van der Waals surface area (Å²) in [6.07, 6.45) is 2.47. The molecular formula is C51H47N7O4. The van der Waals surface area contributed by atoms with Gasteiger partial charge in [-0.1, -0.05) is 177 Å². The number of imidazole rings is 1. The highest BCUT2D eigenvalue weighted by atomic mass is 16.5. The van der Waals surface area contributed by atoms with E-state index in [1.165, 1.54) is 7.11 Å². The van der Waals surface area contributed by atoms with E-state index in [2.05, 4.69) is 89.2 Å². The van der Waals surface area contributed by atoms with Crippen LogP contribution >= 0.6 is 0 Å². The van der Waals surface area contributed by atoms with Crippen molar-refractivity contribution in [3.8, 4) is 22.5 Å². The highest BCUT2D eigenvalue weighted by Crippen LogP contribution is 2.44. The van der Waals surface area contributed by atoms with Crippen LogP contribution in [0.3, 0.4) is 0 Å². The maximum atomic E-state index is 13.1. The van der Waals surface area contributed by atoms with E-state index in [0.717, 1.165) is 57.3 Å². The van der Waals surface area contributed by atoms with E-state index in [4.69, 9.17) is 24.8 Å². The third-order valence-electron chi connectivity index (χ3n) is 11.1. The van der Waals surface area contributed by atoms with E-state index in [1.54, 1.807) is 6.20 Å². The van der Waals surface area contributed by atoms with Crippen LogP contribution in [0.5, 0.6) is 0 Å². The molecule has 0 aliphatic carbocycles. The average Bonchev–Trinajstić information content (AvgIpc) is 4.03. The minimum absolute atomic E-state index is 0.0815. The van der Waals surface area contributed by atoms with Crippen LogP contribution in [0.1, 0.15) is 77.5 Å². The molecule has 1 amide bonds. The highest BCUT2D eigenvalue weighted by molar-refractivity contribution is 5.82. The van der Waals surface area contributed by atoms with Gasteiger partial charge in [-0.15, -0.1) is 5.10 Å². The number of carbonyl (C=O) groups is 2. The second-order valence-electron chi connectivity index (χ2n) is 15.0. The summed E-state index contributed by atoms with van der Waals surface area (Å²) in [6, 6.07) is 56.3. The molecular weight excluding hydrogens is 775 g/mol. The summed E-state index contributed by atoms with van der Waals surface area (Å²) in [6.45, 7) is 2.22. The van der Waals surface area contributed by atoms with Crippen molar-refractivity contribution < 1.29 is 19.1 Å². The van der Waals surface area contributed by atoms with E-state index in [9.17, 15) is 9.59 Å². The molecule has 11 nitrogen and oxygen atoms in total. The molecule has 2 unspecified atom stereocenters. The van der Waals surface area contributed by atoms with E-state index in [1.807, 2.05) is 108 Å². The molecule has 0 aliphatic rings. The molecule has 2 atom stereocenters. The van der Waals surface area contributed by atoms with Crippen molar-refractivity contribution in [1.82, 2.24) is 35.5 Å². The monoisotopic (exact) mass is 821 g/mol. The van der Waals surface area contributed by atoms with Crippen LogP contribution in [0, 0.1) is 0 Å². The van der Waals surface area contributed by atoms with Crippen LogP contribution in [0.4, 0.5) is 4.79 Å². The number of ether oxygens (including phenoxy) is 2. The molecule has 2 heterocycles. The number of aromatic nitrogens is 6. The molecule has 0 saturated carbocycles. The predicted octanol–water partition coefficient (Wildman–Crippen LogP) is 10.0. The molecule has 11 heteroatoms. The third-order valence-corrected chi connectivity index (χ3v) is 11.1. The van der Waals surface area contributed by atoms with Crippen molar-refractivity contribution >= 4 is 12.1 Å². The summed E-state index contributed by atoms with van der Waals surface area (Å²) in [5.74, 6) is 0.569. The number of methoxy groups -OCH3 is 1. The molecule has 2 N–H and O–H groups in total. The number of esters is 1. The topological polar surface area (TPSA) is 137 Å². The van der Waals surface area contributed by atoms with Gasteiger partial charge in [0.25, 0.3) is 0 Å². The zero-order valence-electron chi connectivity index (χ0n) is 34.6. The lowest BCUT2D eigenvalue weighted by atomic mass is 9.76. The fourth-order valence-corrected chi connectivity index (χ4v) is 8.17. The molecule has 2 aromatic heterocycles. The molecule has 0 saturated heterocycles. The minimum atomic E-state index is -0.963.